The molecule has 31 heavy (non-hydrogen) atoms. The van der Waals surface area contributed by atoms with Gasteiger partial charge in [-0.3, -0.25) is 9.58 Å². The van der Waals surface area contributed by atoms with Gasteiger partial charge in [0.2, 0.25) is 6.79 Å². The molecule has 3 aromatic rings. The van der Waals surface area contributed by atoms with Crippen LogP contribution >= 0.6 is 0 Å². The maximum atomic E-state index is 5.94. The van der Waals surface area contributed by atoms with Crippen LogP contribution in [-0.2, 0) is 17.8 Å². The molecule has 5 rings (SSSR count). The van der Waals surface area contributed by atoms with Crippen LogP contribution in [0.2, 0.25) is 0 Å². The van der Waals surface area contributed by atoms with Crippen molar-refractivity contribution in [2.24, 2.45) is 0 Å². The molecule has 0 spiro atoms. The maximum Gasteiger partial charge on any atom is 0.231 e. The van der Waals surface area contributed by atoms with Crippen LogP contribution in [0.1, 0.15) is 30.4 Å². The summed E-state index contributed by atoms with van der Waals surface area (Å²) in [4.78, 5) is 2.34. The number of rotatable bonds is 7. The summed E-state index contributed by atoms with van der Waals surface area (Å²) in [5.74, 6) is 1.57. The molecule has 1 atom stereocenters. The zero-order valence-electron chi connectivity index (χ0n) is 18.0. The summed E-state index contributed by atoms with van der Waals surface area (Å²) in [6.45, 7) is 3.66. The van der Waals surface area contributed by atoms with Gasteiger partial charge in [0.25, 0.3) is 0 Å². The Morgan fingerprint density at radius 3 is 2.77 bits per heavy atom. The van der Waals surface area contributed by atoms with Crippen LogP contribution in [0, 0.1) is 0 Å². The molecule has 6 nitrogen and oxygen atoms in total. The average Bonchev–Trinajstić information content (AvgIpc) is 3.41. The fraction of sp³-hybridized carbons (Fsp3) is 0.400. The van der Waals surface area contributed by atoms with Gasteiger partial charge in [0, 0.05) is 37.0 Å². The lowest BCUT2D eigenvalue weighted by Gasteiger charge is -2.27. The minimum Gasteiger partial charge on any atom is -0.454 e. The molecule has 0 N–H and O–H groups in total. The third-order valence-electron chi connectivity index (χ3n) is 5.90. The number of benzene rings is 2. The van der Waals surface area contributed by atoms with Gasteiger partial charge >= 0.3 is 0 Å². The van der Waals surface area contributed by atoms with Gasteiger partial charge < -0.3 is 14.2 Å². The van der Waals surface area contributed by atoms with Crippen LogP contribution in [0.4, 0.5) is 0 Å². The van der Waals surface area contributed by atoms with Gasteiger partial charge in [0.05, 0.1) is 18.3 Å². The van der Waals surface area contributed by atoms with Crippen molar-refractivity contribution in [3.8, 4) is 22.8 Å². The summed E-state index contributed by atoms with van der Waals surface area (Å²) in [6.07, 6.45) is 6.08. The van der Waals surface area contributed by atoms with Crippen molar-refractivity contribution >= 4 is 0 Å². The molecule has 0 amide bonds. The number of nitrogens with zero attached hydrogens (tertiary/aromatic N) is 3. The van der Waals surface area contributed by atoms with Crippen molar-refractivity contribution < 1.29 is 14.2 Å². The van der Waals surface area contributed by atoms with E-state index in [0.29, 0.717) is 6.10 Å². The first kappa shape index (κ1) is 20.1. The van der Waals surface area contributed by atoms with E-state index in [2.05, 4.69) is 48.5 Å². The molecule has 1 saturated heterocycles. The molecule has 3 heterocycles. The van der Waals surface area contributed by atoms with Crippen molar-refractivity contribution in [2.45, 2.75) is 38.5 Å². The summed E-state index contributed by atoms with van der Waals surface area (Å²) in [7, 11) is 2.16. The molecular weight excluding hydrogens is 390 g/mol. The number of ether oxygens (including phenoxy) is 3. The van der Waals surface area contributed by atoms with Crippen molar-refractivity contribution in [3.05, 3.63) is 65.9 Å². The Labute approximate surface area is 183 Å². The Kier molecular flexibility index (Phi) is 5.91. The van der Waals surface area contributed by atoms with E-state index < -0.39 is 0 Å². The van der Waals surface area contributed by atoms with Crippen LogP contribution in [0.3, 0.4) is 0 Å². The Bertz CT molecular complexity index is 1010. The minimum atomic E-state index is 0.276. The van der Waals surface area contributed by atoms with Gasteiger partial charge in [-0.2, -0.15) is 5.10 Å². The largest absolute Gasteiger partial charge is 0.454 e. The van der Waals surface area contributed by atoms with Gasteiger partial charge in [-0.15, -0.1) is 0 Å². The molecule has 0 bridgehead atoms. The lowest BCUT2D eigenvalue weighted by Crippen LogP contribution is -2.33. The number of hydrogen-bond donors (Lipinski definition) is 0. The van der Waals surface area contributed by atoms with Gasteiger partial charge in [0.1, 0.15) is 0 Å². The molecule has 6 heteroatoms. The van der Waals surface area contributed by atoms with Crippen molar-refractivity contribution in [2.75, 3.05) is 27.0 Å². The van der Waals surface area contributed by atoms with Crippen LogP contribution in [-0.4, -0.2) is 47.8 Å². The van der Waals surface area contributed by atoms with E-state index in [4.69, 9.17) is 19.3 Å². The fourth-order valence-corrected chi connectivity index (χ4v) is 4.37. The average molecular weight is 420 g/mol. The SMILES string of the molecule is CN(Cc1cn(Cc2ccccc2)nc1-c1ccc2c(c1)OCO2)CC1CCCCO1. The highest BCUT2D eigenvalue weighted by Gasteiger charge is 2.20. The highest BCUT2D eigenvalue weighted by molar-refractivity contribution is 5.67. The number of aromatic nitrogens is 2. The highest BCUT2D eigenvalue weighted by atomic mass is 16.7. The zero-order valence-corrected chi connectivity index (χ0v) is 18.0. The third-order valence-corrected chi connectivity index (χ3v) is 5.90. The summed E-state index contributed by atoms with van der Waals surface area (Å²) in [6, 6.07) is 16.5. The van der Waals surface area contributed by atoms with Gasteiger partial charge in [-0.1, -0.05) is 30.3 Å². The van der Waals surface area contributed by atoms with Crippen LogP contribution in [0.15, 0.2) is 54.7 Å². The Morgan fingerprint density at radius 2 is 1.94 bits per heavy atom. The monoisotopic (exact) mass is 419 g/mol. The Balaban J connectivity index is 1.40. The third kappa shape index (κ3) is 4.75. The topological polar surface area (TPSA) is 48.8 Å². The van der Waals surface area contributed by atoms with E-state index in [9.17, 15) is 0 Å². The molecule has 2 aliphatic rings. The summed E-state index contributed by atoms with van der Waals surface area (Å²) >= 11 is 0. The van der Waals surface area contributed by atoms with Crippen LogP contribution < -0.4 is 9.47 Å². The molecule has 0 saturated carbocycles. The summed E-state index contributed by atoms with van der Waals surface area (Å²) in [5.41, 5.74) is 4.48. The second kappa shape index (κ2) is 9.12. The lowest BCUT2D eigenvalue weighted by molar-refractivity contribution is -0.00257. The van der Waals surface area contributed by atoms with E-state index in [-0.39, 0.29) is 6.79 Å². The van der Waals surface area contributed by atoms with Crippen LogP contribution in [0.25, 0.3) is 11.3 Å². The normalized spacial score (nSPS) is 17.9. The quantitative estimate of drug-likeness (QED) is 0.571. The van der Waals surface area contributed by atoms with Crippen molar-refractivity contribution in [1.29, 1.82) is 0 Å². The number of fused-ring (bicyclic) bond motifs is 1. The lowest BCUT2D eigenvalue weighted by atomic mass is 10.1. The van der Waals surface area contributed by atoms with Gasteiger partial charge in [0.15, 0.2) is 11.5 Å². The smallest absolute Gasteiger partial charge is 0.231 e. The molecule has 2 aliphatic heterocycles. The van der Waals surface area contributed by atoms with E-state index >= 15 is 0 Å². The highest BCUT2D eigenvalue weighted by Crippen LogP contribution is 2.36. The second-order valence-corrected chi connectivity index (χ2v) is 8.44. The zero-order chi connectivity index (χ0) is 21.0. The molecular formula is C25H29N3O3. The van der Waals surface area contributed by atoms with E-state index in [1.165, 1.54) is 24.0 Å². The minimum absolute atomic E-state index is 0.276. The summed E-state index contributed by atoms with van der Waals surface area (Å²) in [5, 5.41) is 4.96. The van der Waals surface area contributed by atoms with Crippen LogP contribution in [0.5, 0.6) is 11.5 Å². The molecule has 0 radical (unpaired) electrons. The fourth-order valence-electron chi connectivity index (χ4n) is 4.37. The Hall–Kier alpha value is -2.83. The maximum absolute atomic E-state index is 5.94. The molecule has 2 aromatic carbocycles. The molecule has 1 aromatic heterocycles. The predicted molar refractivity (Wildman–Crippen MR) is 119 cm³/mol. The first-order valence-electron chi connectivity index (χ1n) is 11.0. The van der Waals surface area contributed by atoms with E-state index in [1.807, 2.05) is 22.9 Å². The molecule has 1 fully saturated rings. The standard InChI is InChI=1S/C25H29N3O3/c1-27(17-22-9-5-6-12-29-22)15-21-16-28(14-19-7-3-2-4-8-19)26-25(21)20-10-11-23-24(13-20)31-18-30-23/h2-4,7-8,10-11,13,16,22H,5-6,9,12,14-15,17-18H2,1H3. The number of likely N-dealkylation sites (N-methyl/N-ethyl adjacent to an activating group) is 1. The number of hydrogen-bond acceptors (Lipinski definition) is 5. The van der Waals surface area contributed by atoms with Gasteiger partial charge in [-0.25, -0.2) is 0 Å². The van der Waals surface area contributed by atoms with Crippen molar-refractivity contribution in [1.82, 2.24) is 14.7 Å². The van der Waals surface area contributed by atoms with E-state index in [1.54, 1.807) is 0 Å². The van der Waals surface area contributed by atoms with Gasteiger partial charge in [-0.05, 0) is 50.1 Å². The Morgan fingerprint density at radius 1 is 1.06 bits per heavy atom. The van der Waals surface area contributed by atoms with Crippen molar-refractivity contribution in [3.63, 3.8) is 0 Å². The molecule has 162 valence electrons. The summed E-state index contributed by atoms with van der Waals surface area (Å²) < 4.78 is 19.1. The molecule has 1 unspecified atom stereocenters. The first-order chi connectivity index (χ1) is 15.2. The van der Waals surface area contributed by atoms with E-state index in [0.717, 1.165) is 55.4 Å². The predicted octanol–water partition coefficient (Wildman–Crippen LogP) is 4.33. The second-order valence-electron chi connectivity index (χ2n) is 8.44. The first-order valence-corrected chi connectivity index (χ1v) is 11.0. The molecule has 0 aliphatic carbocycles.